The van der Waals surface area contributed by atoms with Gasteiger partial charge in [-0.2, -0.15) is 0 Å². The van der Waals surface area contributed by atoms with Gasteiger partial charge in [0.2, 0.25) is 10.0 Å². The van der Waals surface area contributed by atoms with E-state index in [9.17, 15) is 18.0 Å². The second-order valence-electron chi connectivity index (χ2n) is 6.21. The number of anilines is 1. The highest BCUT2D eigenvalue weighted by Crippen LogP contribution is 2.18. The van der Waals surface area contributed by atoms with E-state index in [0.717, 1.165) is 0 Å². The monoisotopic (exact) mass is 389 g/mol. The number of nitrogens with zero attached hydrogens (tertiary/aromatic N) is 1. The Hall–Kier alpha value is -2.71. The Kier molecular flexibility index (Phi) is 6.35. The van der Waals surface area contributed by atoms with Crippen molar-refractivity contribution in [2.24, 2.45) is 0 Å². The lowest BCUT2D eigenvalue weighted by molar-refractivity contribution is 0.0827. The van der Waals surface area contributed by atoms with Gasteiger partial charge in [-0.1, -0.05) is 19.1 Å². The van der Waals surface area contributed by atoms with Gasteiger partial charge in [0.15, 0.2) is 0 Å². The predicted octanol–water partition coefficient (Wildman–Crippen LogP) is 2.25. The van der Waals surface area contributed by atoms with E-state index in [4.69, 9.17) is 0 Å². The number of carbonyl (C=O) groups is 2. The van der Waals surface area contributed by atoms with Crippen LogP contribution < -0.4 is 10.0 Å². The van der Waals surface area contributed by atoms with E-state index in [-0.39, 0.29) is 22.9 Å². The van der Waals surface area contributed by atoms with Crippen molar-refractivity contribution in [3.05, 3.63) is 59.2 Å². The Morgan fingerprint density at radius 1 is 1.07 bits per heavy atom. The summed E-state index contributed by atoms with van der Waals surface area (Å²) in [6.07, 6.45) is 0. The van der Waals surface area contributed by atoms with Crippen molar-refractivity contribution in [3.63, 3.8) is 0 Å². The minimum absolute atomic E-state index is 0.0247. The summed E-state index contributed by atoms with van der Waals surface area (Å²) in [7, 11) is -0.372. The summed E-state index contributed by atoms with van der Waals surface area (Å²) in [5.74, 6) is -0.628. The molecule has 27 heavy (non-hydrogen) atoms. The van der Waals surface area contributed by atoms with Crippen molar-refractivity contribution < 1.29 is 18.0 Å². The number of hydrogen-bond donors (Lipinski definition) is 2. The van der Waals surface area contributed by atoms with Crippen molar-refractivity contribution in [1.82, 2.24) is 9.62 Å². The van der Waals surface area contributed by atoms with Crippen molar-refractivity contribution in [1.29, 1.82) is 0 Å². The molecular weight excluding hydrogens is 366 g/mol. The summed E-state index contributed by atoms with van der Waals surface area (Å²) in [4.78, 5) is 26.2. The Labute approximate surface area is 159 Å². The SMILES string of the molecule is CCNS(=O)(=O)c1ccc(C)c(C(=O)Nc2cccc(C(=O)N(C)C)c2)c1. The third-order valence-electron chi connectivity index (χ3n) is 3.87. The van der Waals surface area contributed by atoms with Crippen LogP contribution in [0.15, 0.2) is 47.4 Å². The first kappa shape index (κ1) is 20.6. The van der Waals surface area contributed by atoms with Crippen LogP contribution in [0.3, 0.4) is 0 Å². The fraction of sp³-hybridized carbons (Fsp3) is 0.263. The first-order valence-corrected chi connectivity index (χ1v) is 9.87. The number of hydrogen-bond acceptors (Lipinski definition) is 4. The first-order valence-electron chi connectivity index (χ1n) is 8.39. The molecule has 2 N–H and O–H groups in total. The molecule has 0 aliphatic carbocycles. The Morgan fingerprint density at radius 3 is 2.41 bits per heavy atom. The Balaban J connectivity index is 2.31. The van der Waals surface area contributed by atoms with E-state index < -0.39 is 15.9 Å². The van der Waals surface area contributed by atoms with E-state index in [0.29, 0.717) is 16.8 Å². The third kappa shape index (κ3) is 4.93. The summed E-state index contributed by atoms with van der Waals surface area (Å²) in [5.41, 5.74) is 1.78. The van der Waals surface area contributed by atoms with Crippen LogP contribution in [0.5, 0.6) is 0 Å². The van der Waals surface area contributed by atoms with Crippen LogP contribution in [0.25, 0.3) is 0 Å². The van der Waals surface area contributed by atoms with Gasteiger partial charge in [0.1, 0.15) is 0 Å². The van der Waals surface area contributed by atoms with Crippen LogP contribution in [0, 0.1) is 6.92 Å². The summed E-state index contributed by atoms with van der Waals surface area (Å²) >= 11 is 0. The third-order valence-corrected chi connectivity index (χ3v) is 5.42. The lowest BCUT2D eigenvalue weighted by atomic mass is 10.1. The maximum Gasteiger partial charge on any atom is 0.255 e. The van der Waals surface area contributed by atoms with E-state index in [1.807, 2.05) is 0 Å². The molecule has 2 rings (SSSR count). The zero-order chi connectivity index (χ0) is 20.2. The van der Waals surface area contributed by atoms with Gasteiger partial charge in [-0.05, 0) is 42.8 Å². The molecule has 2 amide bonds. The van der Waals surface area contributed by atoms with Crippen LogP contribution in [-0.4, -0.2) is 45.8 Å². The Morgan fingerprint density at radius 2 is 1.78 bits per heavy atom. The molecule has 0 spiro atoms. The summed E-state index contributed by atoms with van der Waals surface area (Å²) < 4.78 is 26.8. The molecule has 0 bridgehead atoms. The summed E-state index contributed by atoms with van der Waals surface area (Å²) in [5, 5.41) is 2.72. The highest BCUT2D eigenvalue weighted by atomic mass is 32.2. The molecule has 0 aliphatic heterocycles. The number of nitrogens with one attached hydrogen (secondary N) is 2. The molecule has 0 aliphatic rings. The molecule has 2 aromatic carbocycles. The zero-order valence-corrected chi connectivity index (χ0v) is 16.6. The topological polar surface area (TPSA) is 95.6 Å². The number of amides is 2. The standard InChI is InChI=1S/C19H23N3O4S/c1-5-20-27(25,26)16-10-9-13(2)17(12-16)18(23)21-15-8-6-7-14(11-15)19(24)22(3)4/h6-12,20H,5H2,1-4H3,(H,21,23). The highest BCUT2D eigenvalue weighted by molar-refractivity contribution is 7.89. The van der Waals surface area contributed by atoms with Gasteiger partial charge in [0.25, 0.3) is 11.8 Å². The number of carbonyl (C=O) groups excluding carboxylic acids is 2. The molecule has 7 nitrogen and oxygen atoms in total. The summed E-state index contributed by atoms with van der Waals surface area (Å²) in [6, 6.07) is 11.0. The van der Waals surface area contributed by atoms with Gasteiger partial charge in [-0.3, -0.25) is 9.59 Å². The van der Waals surface area contributed by atoms with Crippen molar-refractivity contribution in [2.45, 2.75) is 18.7 Å². The van der Waals surface area contributed by atoms with Gasteiger partial charge in [0.05, 0.1) is 4.90 Å². The molecule has 0 fully saturated rings. The van der Waals surface area contributed by atoms with Crippen molar-refractivity contribution >= 4 is 27.5 Å². The van der Waals surface area contributed by atoms with Crippen LogP contribution >= 0.6 is 0 Å². The predicted molar refractivity (Wildman–Crippen MR) is 104 cm³/mol. The fourth-order valence-corrected chi connectivity index (χ4v) is 3.54. The molecule has 0 atom stereocenters. The van der Waals surface area contributed by atoms with Crippen molar-refractivity contribution in [2.75, 3.05) is 26.0 Å². The number of rotatable bonds is 6. The Bertz CT molecular complexity index is 969. The lowest BCUT2D eigenvalue weighted by Crippen LogP contribution is -2.24. The fourth-order valence-electron chi connectivity index (χ4n) is 2.47. The van der Waals surface area contributed by atoms with Gasteiger partial charge >= 0.3 is 0 Å². The summed E-state index contributed by atoms with van der Waals surface area (Å²) in [6.45, 7) is 3.66. The average molecular weight is 389 g/mol. The second kappa shape index (κ2) is 8.32. The van der Waals surface area contributed by atoms with E-state index >= 15 is 0 Å². The molecule has 0 heterocycles. The normalized spacial score (nSPS) is 11.1. The van der Waals surface area contributed by atoms with Crippen LogP contribution in [0.2, 0.25) is 0 Å². The minimum atomic E-state index is -3.66. The van der Waals surface area contributed by atoms with Gasteiger partial charge in [-0.25, -0.2) is 13.1 Å². The molecular formula is C19H23N3O4S. The van der Waals surface area contributed by atoms with Crippen LogP contribution in [0.1, 0.15) is 33.2 Å². The van der Waals surface area contributed by atoms with E-state index in [1.165, 1.54) is 17.0 Å². The van der Waals surface area contributed by atoms with Crippen LogP contribution in [0.4, 0.5) is 5.69 Å². The van der Waals surface area contributed by atoms with E-state index in [2.05, 4.69) is 10.0 Å². The number of benzene rings is 2. The van der Waals surface area contributed by atoms with Gasteiger partial charge in [0, 0.05) is 37.5 Å². The van der Waals surface area contributed by atoms with E-state index in [1.54, 1.807) is 58.3 Å². The second-order valence-corrected chi connectivity index (χ2v) is 7.98. The molecule has 0 saturated heterocycles. The molecule has 2 aromatic rings. The average Bonchev–Trinajstić information content (AvgIpc) is 2.61. The quantitative estimate of drug-likeness (QED) is 0.792. The molecule has 0 unspecified atom stereocenters. The highest BCUT2D eigenvalue weighted by Gasteiger charge is 2.18. The van der Waals surface area contributed by atoms with Crippen LogP contribution in [-0.2, 0) is 10.0 Å². The number of sulfonamides is 1. The molecule has 144 valence electrons. The number of aryl methyl sites for hydroxylation is 1. The zero-order valence-electron chi connectivity index (χ0n) is 15.7. The molecule has 0 saturated carbocycles. The van der Waals surface area contributed by atoms with Gasteiger partial charge < -0.3 is 10.2 Å². The molecule has 8 heteroatoms. The minimum Gasteiger partial charge on any atom is -0.345 e. The molecule has 0 aromatic heterocycles. The maximum atomic E-state index is 12.7. The smallest absolute Gasteiger partial charge is 0.255 e. The maximum absolute atomic E-state index is 12.7. The van der Waals surface area contributed by atoms with Gasteiger partial charge in [-0.15, -0.1) is 0 Å². The molecule has 0 radical (unpaired) electrons. The largest absolute Gasteiger partial charge is 0.345 e. The van der Waals surface area contributed by atoms with Crippen molar-refractivity contribution in [3.8, 4) is 0 Å². The first-order chi connectivity index (χ1) is 12.7. The lowest BCUT2D eigenvalue weighted by Gasteiger charge is -2.13.